The van der Waals surface area contributed by atoms with Gasteiger partial charge in [0.05, 0.1) is 0 Å². The molecule has 1 heterocycles. The summed E-state index contributed by atoms with van der Waals surface area (Å²) < 4.78 is 13.0. The van der Waals surface area contributed by atoms with E-state index < -0.39 is 0 Å². The Morgan fingerprint density at radius 1 is 1.25 bits per heavy atom. The summed E-state index contributed by atoms with van der Waals surface area (Å²) in [6.45, 7) is 2.19. The van der Waals surface area contributed by atoms with Gasteiger partial charge in [-0.2, -0.15) is 0 Å². The number of halogens is 1. The van der Waals surface area contributed by atoms with E-state index in [1.165, 1.54) is 18.9 Å². The average Bonchev–Trinajstić information content (AvgIpc) is 2.27. The molecule has 0 radical (unpaired) electrons. The molecule has 0 spiro atoms. The van der Waals surface area contributed by atoms with Gasteiger partial charge in [0, 0.05) is 6.07 Å². The van der Waals surface area contributed by atoms with Crippen LogP contribution in [0.2, 0.25) is 0 Å². The molecule has 0 aromatic heterocycles. The largest absolute Gasteiger partial charge is 0.508 e. The average molecular weight is 223 g/mol. The summed E-state index contributed by atoms with van der Waals surface area (Å²) in [5.41, 5.74) is 0.899. The van der Waals surface area contributed by atoms with Crippen molar-refractivity contribution in [1.82, 2.24) is 5.32 Å². The monoisotopic (exact) mass is 223 g/mol. The topological polar surface area (TPSA) is 32.3 Å². The smallest absolute Gasteiger partial charge is 0.127 e. The summed E-state index contributed by atoms with van der Waals surface area (Å²) in [6, 6.07) is 4.32. The van der Waals surface area contributed by atoms with E-state index in [-0.39, 0.29) is 11.6 Å². The van der Waals surface area contributed by atoms with Gasteiger partial charge in [0.2, 0.25) is 0 Å². The van der Waals surface area contributed by atoms with Crippen LogP contribution in [-0.4, -0.2) is 18.2 Å². The van der Waals surface area contributed by atoms with E-state index in [0.717, 1.165) is 43.5 Å². The Hall–Kier alpha value is -1.09. The van der Waals surface area contributed by atoms with E-state index in [1.54, 1.807) is 6.07 Å². The first-order valence-corrected chi connectivity index (χ1v) is 5.93. The number of hydrogen-bond donors (Lipinski definition) is 2. The molecule has 2 rings (SSSR count). The molecule has 0 unspecified atom stereocenters. The molecule has 1 aliphatic rings. The summed E-state index contributed by atoms with van der Waals surface area (Å²) in [5, 5.41) is 12.6. The lowest BCUT2D eigenvalue weighted by Gasteiger charge is -2.22. The third-order valence-electron chi connectivity index (χ3n) is 3.24. The molecule has 1 saturated heterocycles. The molecule has 2 nitrogen and oxygen atoms in total. The Morgan fingerprint density at radius 3 is 2.69 bits per heavy atom. The Morgan fingerprint density at radius 2 is 2.00 bits per heavy atom. The lowest BCUT2D eigenvalue weighted by atomic mass is 9.91. The molecule has 0 atom stereocenters. The Balaban J connectivity index is 1.88. The molecule has 0 bridgehead atoms. The summed E-state index contributed by atoms with van der Waals surface area (Å²) >= 11 is 0. The second kappa shape index (κ2) is 5.30. The van der Waals surface area contributed by atoms with Crippen LogP contribution in [0, 0.1) is 11.7 Å². The van der Waals surface area contributed by atoms with Crippen LogP contribution >= 0.6 is 0 Å². The zero-order valence-electron chi connectivity index (χ0n) is 9.38. The molecule has 16 heavy (non-hydrogen) atoms. The van der Waals surface area contributed by atoms with Gasteiger partial charge in [-0.05, 0) is 62.4 Å². The molecule has 1 fully saturated rings. The number of phenolic OH excluding ortho intramolecular Hbond substituents is 1. The first kappa shape index (κ1) is 11.4. The molecule has 1 aliphatic heterocycles. The van der Waals surface area contributed by atoms with Crippen molar-refractivity contribution in [2.24, 2.45) is 5.92 Å². The van der Waals surface area contributed by atoms with Gasteiger partial charge >= 0.3 is 0 Å². The maximum atomic E-state index is 13.0. The Kier molecular flexibility index (Phi) is 3.78. The zero-order valence-corrected chi connectivity index (χ0v) is 9.38. The highest BCUT2D eigenvalue weighted by Crippen LogP contribution is 2.21. The first-order chi connectivity index (χ1) is 7.74. The van der Waals surface area contributed by atoms with Crippen LogP contribution in [0.25, 0.3) is 0 Å². The van der Waals surface area contributed by atoms with Crippen molar-refractivity contribution in [1.29, 1.82) is 0 Å². The Bertz CT molecular complexity index is 328. The van der Waals surface area contributed by atoms with Crippen LogP contribution in [0.3, 0.4) is 0 Å². The van der Waals surface area contributed by atoms with Gasteiger partial charge in [-0.15, -0.1) is 0 Å². The summed E-state index contributed by atoms with van der Waals surface area (Å²) in [4.78, 5) is 0. The van der Waals surface area contributed by atoms with Gasteiger partial charge in [0.25, 0.3) is 0 Å². The van der Waals surface area contributed by atoms with Gasteiger partial charge in [0.1, 0.15) is 11.6 Å². The molecule has 3 heteroatoms. The predicted molar refractivity (Wildman–Crippen MR) is 62.0 cm³/mol. The second-order valence-electron chi connectivity index (χ2n) is 4.55. The Labute approximate surface area is 95.5 Å². The van der Waals surface area contributed by atoms with Gasteiger partial charge in [-0.1, -0.05) is 0 Å². The van der Waals surface area contributed by atoms with Gasteiger partial charge in [-0.3, -0.25) is 0 Å². The van der Waals surface area contributed by atoms with Crippen LogP contribution < -0.4 is 5.32 Å². The fraction of sp³-hybridized carbons (Fsp3) is 0.538. The third-order valence-corrected chi connectivity index (χ3v) is 3.24. The van der Waals surface area contributed by atoms with Crippen LogP contribution in [0.4, 0.5) is 4.39 Å². The highest BCUT2D eigenvalue weighted by Gasteiger charge is 2.12. The molecule has 1 aromatic carbocycles. The van der Waals surface area contributed by atoms with E-state index in [2.05, 4.69) is 5.32 Å². The lowest BCUT2D eigenvalue weighted by molar-refractivity contribution is 0.354. The molecule has 0 amide bonds. The third kappa shape index (κ3) is 3.20. The summed E-state index contributed by atoms with van der Waals surface area (Å²) in [7, 11) is 0. The number of benzene rings is 1. The van der Waals surface area contributed by atoms with Gasteiger partial charge in [-0.25, -0.2) is 4.39 Å². The number of rotatable bonds is 3. The van der Waals surface area contributed by atoms with E-state index in [4.69, 9.17) is 0 Å². The van der Waals surface area contributed by atoms with Crippen LogP contribution in [0.5, 0.6) is 5.75 Å². The quantitative estimate of drug-likeness (QED) is 0.825. The molecule has 0 saturated carbocycles. The molecule has 1 aromatic rings. The molecule has 0 aliphatic carbocycles. The van der Waals surface area contributed by atoms with Crippen LogP contribution in [-0.2, 0) is 6.42 Å². The fourth-order valence-electron chi connectivity index (χ4n) is 2.32. The first-order valence-electron chi connectivity index (χ1n) is 5.93. The second-order valence-corrected chi connectivity index (χ2v) is 4.55. The van der Waals surface area contributed by atoms with Gasteiger partial charge in [0.15, 0.2) is 0 Å². The maximum absolute atomic E-state index is 13.0. The number of aromatic hydroxyl groups is 1. The summed E-state index contributed by atoms with van der Waals surface area (Å²) in [5.74, 6) is 0.423. The number of phenols is 1. The standard InChI is InChI=1S/C13H18FNO/c14-12-7-11(8-13(16)9-12)2-1-10-3-5-15-6-4-10/h7-10,15-16H,1-6H2. The highest BCUT2D eigenvalue weighted by molar-refractivity contribution is 5.28. The lowest BCUT2D eigenvalue weighted by Crippen LogP contribution is -2.27. The van der Waals surface area contributed by atoms with E-state index in [0.29, 0.717) is 0 Å². The van der Waals surface area contributed by atoms with E-state index in [1.807, 2.05) is 0 Å². The van der Waals surface area contributed by atoms with Crippen LogP contribution in [0.1, 0.15) is 24.8 Å². The SMILES string of the molecule is Oc1cc(F)cc(CCC2CCNCC2)c1. The minimum atomic E-state index is -0.347. The van der Waals surface area contributed by atoms with Crippen molar-refractivity contribution < 1.29 is 9.50 Å². The normalized spacial score (nSPS) is 17.6. The molecule has 88 valence electrons. The maximum Gasteiger partial charge on any atom is 0.127 e. The number of hydrogen-bond acceptors (Lipinski definition) is 2. The van der Waals surface area contributed by atoms with Crippen molar-refractivity contribution in [2.45, 2.75) is 25.7 Å². The van der Waals surface area contributed by atoms with Gasteiger partial charge < -0.3 is 10.4 Å². The summed E-state index contributed by atoms with van der Waals surface area (Å²) in [6.07, 6.45) is 4.36. The van der Waals surface area contributed by atoms with Crippen molar-refractivity contribution in [3.8, 4) is 5.75 Å². The minimum Gasteiger partial charge on any atom is -0.508 e. The van der Waals surface area contributed by atoms with Crippen molar-refractivity contribution >= 4 is 0 Å². The van der Waals surface area contributed by atoms with Crippen molar-refractivity contribution in [2.75, 3.05) is 13.1 Å². The fourth-order valence-corrected chi connectivity index (χ4v) is 2.32. The number of aryl methyl sites for hydroxylation is 1. The number of nitrogens with one attached hydrogen (secondary N) is 1. The predicted octanol–water partition coefficient (Wildman–Crippen LogP) is 2.46. The zero-order chi connectivity index (χ0) is 11.4. The van der Waals surface area contributed by atoms with Crippen molar-refractivity contribution in [3.05, 3.63) is 29.6 Å². The number of piperidine rings is 1. The molecular weight excluding hydrogens is 205 g/mol. The van der Waals surface area contributed by atoms with Crippen LogP contribution in [0.15, 0.2) is 18.2 Å². The molecule has 2 N–H and O–H groups in total. The minimum absolute atomic E-state index is 0.0281. The molecular formula is C13H18FNO. The van der Waals surface area contributed by atoms with Crippen molar-refractivity contribution in [3.63, 3.8) is 0 Å². The van der Waals surface area contributed by atoms with E-state index >= 15 is 0 Å². The highest BCUT2D eigenvalue weighted by atomic mass is 19.1. The van der Waals surface area contributed by atoms with E-state index in [9.17, 15) is 9.50 Å².